The number of carbonyl (C=O) groups is 2. The second kappa shape index (κ2) is 11.1. The first-order valence-electron chi connectivity index (χ1n) is 9.45. The molecule has 0 fully saturated rings. The van der Waals surface area contributed by atoms with Gasteiger partial charge in [0.05, 0.1) is 11.3 Å². The number of amides is 2. The molecule has 0 saturated heterocycles. The van der Waals surface area contributed by atoms with Gasteiger partial charge in [-0.15, -0.1) is 0 Å². The van der Waals surface area contributed by atoms with Crippen molar-refractivity contribution in [1.82, 2.24) is 5.32 Å². The lowest BCUT2D eigenvalue weighted by molar-refractivity contribution is -0.122. The highest BCUT2D eigenvalue weighted by molar-refractivity contribution is 6.04. The minimum Gasteiger partial charge on any atom is -0.481 e. The summed E-state index contributed by atoms with van der Waals surface area (Å²) in [6, 6.07) is 14.5. The summed E-state index contributed by atoms with van der Waals surface area (Å²) in [6.07, 6.45) is 0.573. The van der Waals surface area contributed by atoms with E-state index in [0.29, 0.717) is 36.6 Å². The van der Waals surface area contributed by atoms with Gasteiger partial charge >= 0.3 is 0 Å². The van der Waals surface area contributed by atoms with E-state index in [1.807, 2.05) is 38.1 Å². The molecule has 150 valence electrons. The number of aryl methyl sites for hydroxylation is 1. The third kappa shape index (κ3) is 6.39. The molecule has 0 aliphatic heterocycles. The third-order valence-corrected chi connectivity index (χ3v) is 4.17. The van der Waals surface area contributed by atoms with E-state index in [2.05, 4.69) is 10.6 Å². The number of hydrogen-bond donors (Lipinski definition) is 2. The standard InChI is InChI=1S/C22H28N2O4/c1-4-20(28-17-10-7-9-16(2)15-17)22(26)24-19-12-6-5-11-18(19)21(25)23-13-8-14-27-3/h5-7,9-12,15,20H,4,8,13-14H2,1-3H3,(H,23,25)(H,24,26)/t20-/m1/s1. The lowest BCUT2D eigenvalue weighted by Gasteiger charge is -2.18. The van der Waals surface area contributed by atoms with Gasteiger partial charge in [-0.05, 0) is 49.6 Å². The van der Waals surface area contributed by atoms with Crippen LogP contribution in [-0.4, -0.2) is 38.2 Å². The molecular formula is C22H28N2O4. The molecule has 0 heterocycles. The molecule has 0 unspecified atom stereocenters. The minimum absolute atomic E-state index is 0.236. The molecule has 6 nitrogen and oxygen atoms in total. The van der Waals surface area contributed by atoms with E-state index in [9.17, 15) is 9.59 Å². The first-order chi connectivity index (χ1) is 13.5. The number of methoxy groups -OCH3 is 1. The highest BCUT2D eigenvalue weighted by Gasteiger charge is 2.21. The van der Waals surface area contributed by atoms with Crippen LogP contribution in [0, 0.1) is 6.92 Å². The summed E-state index contributed by atoms with van der Waals surface area (Å²) < 4.78 is 10.8. The van der Waals surface area contributed by atoms with E-state index >= 15 is 0 Å². The van der Waals surface area contributed by atoms with Crippen molar-refractivity contribution < 1.29 is 19.1 Å². The molecule has 0 spiro atoms. The van der Waals surface area contributed by atoms with Crippen molar-refractivity contribution in [3.63, 3.8) is 0 Å². The van der Waals surface area contributed by atoms with Gasteiger partial charge in [0.25, 0.3) is 11.8 Å². The van der Waals surface area contributed by atoms with E-state index in [1.54, 1.807) is 31.4 Å². The predicted octanol–water partition coefficient (Wildman–Crippen LogP) is 3.56. The van der Waals surface area contributed by atoms with Crippen molar-refractivity contribution in [3.05, 3.63) is 59.7 Å². The van der Waals surface area contributed by atoms with Gasteiger partial charge in [-0.1, -0.05) is 31.2 Å². The Bertz CT molecular complexity index is 792. The molecule has 0 aliphatic rings. The zero-order valence-corrected chi connectivity index (χ0v) is 16.7. The number of carbonyl (C=O) groups excluding carboxylic acids is 2. The molecule has 0 aliphatic carbocycles. The maximum Gasteiger partial charge on any atom is 0.265 e. The first kappa shape index (κ1) is 21.4. The highest BCUT2D eigenvalue weighted by Crippen LogP contribution is 2.19. The summed E-state index contributed by atoms with van der Waals surface area (Å²) in [4.78, 5) is 25.2. The van der Waals surface area contributed by atoms with Crippen LogP contribution in [0.1, 0.15) is 35.7 Å². The van der Waals surface area contributed by atoms with Gasteiger partial charge < -0.3 is 20.1 Å². The van der Waals surface area contributed by atoms with Crippen LogP contribution < -0.4 is 15.4 Å². The Morgan fingerprint density at radius 1 is 1.11 bits per heavy atom. The fourth-order valence-electron chi connectivity index (χ4n) is 2.69. The molecule has 0 bridgehead atoms. The Morgan fingerprint density at radius 3 is 2.61 bits per heavy atom. The van der Waals surface area contributed by atoms with Crippen LogP contribution in [0.25, 0.3) is 0 Å². The molecule has 0 radical (unpaired) electrons. The van der Waals surface area contributed by atoms with Gasteiger partial charge in [0.15, 0.2) is 6.10 Å². The van der Waals surface area contributed by atoms with E-state index in [4.69, 9.17) is 9.47 Å². The zero-order chi connectivity index (χ0) is 20.4. The summed E-state index contributed by atoms with van der Waals surface area (Å²) in [7, 11) is 1.62. The summed E-state index contributed by atoms with van der Waals surface area (Å²) in [5.74, 6) is 0.120. The number of anilines is 1. The van der Waals surface area contributed by atoms with E-state index in [1.165, 1.54) is 0 Å². The number of nitrogens with one attached hydrogen (secondary N) is 2. The average Bonchev–Trinajstić information content (AvgIpc) is 2.69. The summed E-state index contributed by atoms with van der Waals surface area (Å²) in [5.41, 5.74) is 1.94. The molecule has 0 saturated carbocycles. The lowest BCUT2D eigenvalue weighted by Crippen LogP contribution is -2.33. The Hall–Kier alpha value is -2.86. The molecule has 0 aromatic heterocycles. The predicted molar refractivity (Wildman–Crippen MR) is 110 cm³/mol. The number of hydrogen-bond acceptors (Lipinski definition) is 4. The third-order valence-electron chi connectivity index (χ3n) is 4.17. The van der Waals surface area contributed by atoms with E-state index in [0.717, 1.165) is 12.0 Å². The fraction of sp³-hybridized carbons (Fsp3) is 0.364. The largest absolute Gasteiger partial charge is 0.481 e. The molecule has 1 atom stereocenters. The average molecular weight is 384 g/mol. The molecule has 2 aromatic carbocycles. The Kier molecular flexibility index (Phi) is 8.49. The zero-order valence-electron chi connectivity index (χ0n) is 16.7. The smallest absolute Gasteiger partial charge is 0.265 e. The Morgan fingerprint density at radius 2 is 1.89 bits per heavy atom. The number of para-hydroxylation sites is 1. The summed E-state index contributed by atoms with van der Waals surface area (Å²) >= 11 is 0. The maximum atomic E-state index is 12.7. The van der Waals surface area contributed by atoms with Crippen molar-refractivity contribution in [2.24, 2.45) is 0 Å². The van der Waals surface area contributed by atoms with Crippen molar-refractivity contribution in [3.8, 4) is 5.75 Å². The van der Waals surface area contributed by atoms with Crippen LogP contribution in [0.4, 0.5) is 5.69 Å². The summed E-state index contributed by atoms with van der Waals surface area (Å²) in [6.45, 7) is 4.93. The quantitative estimate of drug-likeness (QED) is 0.614. The second-order valence-electron chi connectivity index (χ2n) is 6.47. The van der Waals surface area contributed by atoms with Crippen LogP contribution >= 0.6 is 0 Å². The lowest BCUT2D eigenvalue weighted by atomic mass is 10.1. The number of ether oxygens (including phenoxy) is 2. The van der Waals surface area contributed by atoms with Crippen LogP contribution in [-0.2, 0) is 9.53 Å². The van der Waals surface area contributed by atoms with Crippen molar-refractivity contribution >= 4 is 17.5 Å². The van der Waals surface area contributed by atoms with E-state index in [-0.39, 0.29) is 11.8 Å². The molecular weight excluding hydrogens is 356 g/mol. The van der Waals surface area contributed by atoms with Crippen LogP contribution in [0.15, 0.2) is 48.5 Å². The van der Waals surface area contributed by atoms with Crippen molar-refractivity contribution in [2.45, 2.75) is 32.8 Å². The first-order valence-corrected chi connectivity index (χ1v) is 9.45. The topological polar surface area (TPSA) is 76.7 Å². The second-order valence-corrected chi connectivity index (χ2v) is 6.47. The monoisotopic (exact) mass is 384 g/mol. The molecule has 2 amide bonds. The van der Waals surface area contributed by atoms with Gasteiger partial charge in [0.2, 0.25) is 0 Å². The summed E-state index contributed by atoms with van der Waals surface area (Å²) in [5, 5.41) is 5.66. The van der Waals surface area contributed by atoms with Crippen LogP contribution in [0.3, 0.4) is 0 Å². The molecule has 2 rings (SSSR count). The highest BCUT2D eigenvalue weighted by atomic mass is 16.5. The van der Waals surface area contributed by atoms with Gasteiger partial charge in [-0.3, -0.25) is 9.59 Å². The molecule has 6 heteroatoms. The Labute approximate surface area is 166 Å². The maximum absolute atomic E-state index is 12.7. The molecule has 2 aromatic rings. The van der Waals surface area contributed by atoms with Gasteiger partial charge in [-0.25, -0.2) is 0 Å². The molecule has 28 heavy (non-hydrogen) atoms. The van der Waals surface area contributed by atoms with Crippen molar-refractivity contribution in [2.75, 3.05) is 25.6 Å². The minimum atomic E-state index is -0.653. The Balaban J connectivity index is 2.04. The molecule has 2 N–H and O–H groups in total. The van der Waals surface area contributed by atoms with Crippen molar-refractivity contribution in [1.29, 1.82) is 0 Å². The normalized spacial score (nSPS) is 11.5. The number of rotatable bonds is 10. The van der Waals surface area contributed by atoms with E-state index < -0.39 is 6.10 Å². The van der Waals surface area contributed by atoms with Crippen LogP contribution in [0.2, 0.25) is 0 Å². The fourth-order valence-corrected chi connectivity index (χ4v) is 2.69. The van der Waals surface area contributed by atoms with Gasteiger partial charge in [-0.2, -0.15) is 0 Å². The van der Waals surface area contributed by atoms with Gasteiger partial charge in [0, 0.05) is 20.3 Å². The van der Waals surface area contributed by atoms with Crippen LogP contribution in [0.5, 0.6) is 5.75 Å². The SMILES string of the molecule is CC[C@@H](Oc1cccc(C)c1)C(=O)Nc1ccccc1C(=O)NCCCOC. The number of benzene rings is 2. The van der Waals surface area contributed by atoms with Gasteiger partial charge in [0.1, 0.15) is 5.75 Å².